The molecule has 1 aliphatic carbocycles. The Balaban J connectivity index is 1.61. The second-order valence-corrected chi connectivity index (χ2v) is 6.54. The molecule has 0 spiro atoms. The van der Waals surface area contributed by atoms with Gasteiger partial charge in [0, 0.05) is 0 Å². The van der Waals surface area contributed by atoms with Gasteiger partial charge in [0.25, 0.3) is 5.91 Å². The lowest BCUT2D eigenvalue weighted by molar-refractivity contribution is -0.135. The molecular formula is C16H21N3O4. The maximum atomic E-state index is 12.5. The first kappa shape index (κ1) is 15.6. The van der Waals surface area contributed by atoms with Gasteiger partial charge in [-0.05, 0) is 51.7 Å². The van der Waals surface area contributed by atoms with Gasteiger partial charge in [-0.15, -0.1) is 0 Å². The summed E-state index contributed by atoms with van der Waals surface area (Å²) < 4.78 is 5.46. The summed E-state index contributed by atoms with van der Waals surface area (Å²) in [7, 11) is 0. The van der Waals surface area contributed by atoms with Crippen LogP contribution in [0.2, 0.25) is 0 Å². The van der Waals surface area contributed by atoms with Crippen LogP contribution in [0.1, 0.15) is 44.3 Å². The van der Waals surface area contributed by atoms with E-state index >= 15 is 0 Å². The summed E-state index contributed by atoms with van der Waals surface area (Å²) in [5.74, 6) is 0.861. The maximum absolute atomic E-state index is 12.5. The van der Waals surface area contributed by atoms with Crippen molar-refractivity contribution in [2.75, 3.05) is 6.54 Å². The topological polar surface area (TPSA) is 91.7 Å². The van der Waals surface area contributed by atoms with Gasteiger partial charge < -0.3 is 15.1 Å². The monoisotopic (exact) mass is 319 g/mol. The summed E-state index contributed by atoms with van der Waals surface area (Å²) in [5.41, 5.74) is -0.860. The number of furan rings is 1. The molecule has 2 atom stereocenters. The van der Waals surface area contributed by atoms with Crippen molar-refractivity contribution in [3.05, 3.63) is 23.7 Å². The maximum Gasteiger partial charge on any atom is 0.325 e. The lowest BCUT2D eigenvalue weighted by Crippen LogP contribution is -2.47. The molecule has 23 heavy (non-hydrogen) atoms. The van der Waals surface area contributed by atoms with Crippen LogP contribution >= 0.6 is 0 Å². The predicted molar refractivity (Wildman–Crippen MR) is 81.4 cm³/mol. The smallest absolute Gasteiger partial charge is 0.325 e. The van der Waals surface area contributed by atoms with Crippen molar-refractivity contribution in [1.29, 1.82) is 0 Å². The second kappa shape index (κ2) is 5.40. The first-order valence-corrected chi connectivity index (χ1v) is 7.81. The Bertz CT molecular complexity index is 664. The summed E-state index contributed by atoms with van der Waals surface area (Å²) in [6, 6.07) is 2.78. The molecule has 0 unspecified atom stereocenters. The molecule has 2 heterocycles. The van der Waals surface area contributed by atoms with E-state index in [0.29, 0.717) is 5.76 Å². The van der Waals surface area contributed by atoms with E-state index in [1.807, 2.05) is 13.0 Å². The Labute approximate surface area is 134 Å². The van der Waals surface area contributed by atoms with E-state index in [-0.39, 0.29) is 24.4 Å². The highest BCUT2D eigenvalue weighted by atomic mass is 16.3. The first-order valence-electron chi connectivity index (χ1n) is 7.81. The minimum Gasteiger partial charge on any atom is -0.464 e. The van der Waals surface area contributed by atoms with Crippen LogP contribution in [0.25, 0.3) is 0 Å². The average molecular weight is 319 g/mol. The van der Waals surface area contributed by atoms with Crippen LogP contribution in [-0.4, -0.2) is 34.8 Å². The van der Waals surface area contributed by atoms with E-state index in [1.54, 1.807) is 19.9 Å². The molecule has 0 bridgehead atoms. The van der Waals surface area contributed by atoms with Crippen molar-refractivity contribution in [2.24, 2.45) is 5.92 Å². The van der Waals surface area contributed by atoms with Gasteiger partial charge >= 0.3 is 6.03 Å². The van der Waals surface area contributed by atoms with E-state index in [4.69, 9.17) is 4.42 Å². The van der Waals surface area contributed by atoms with Crippen LogP contribution < -0.4 is 10.6 Å². The largest absolute Gasteiger partial charge is 0.464 e. The number of hydrogen-bond acceptors (Lipinski definition) is 4. The fraction of sp³-hybridized carbons (Fsp3) is 0.562. The summed E-state index contributed by atoms with van der Waals surface area (Å²) >= 11 is 0. The molecule has 2 N–H and O–H groups in total. The lowest BCUT2D eigenvalue weighted by atomic mass is 9.96. The third-order valence-electron chi connectivity index (χ3n) is 4.56. The zero-order chi connectivity index (χ0) is 16.8. The van der Waals surface area contributed by atoms with Crippen LogP contribution in [0.5, 0.6) is 0 Å². The Morgan fingerprint density at radius 3 is 2.74 bits per heavy atom. The Kier molecular flexibility index (Phi) is 3.66. The summed E-state index contributed by atoms with van der Waals surface area (Å²) in [4.78, 5) is 37.6. The number of aryl methyl sites for hydroxylation is 1. The molecular weight excluding hydrogens is 298 g/mol. The highest BCUT2D eigenvalue weighted by molar-refractivity contribution is 6.09. The number of carbonyl (C=O) groups is 3. The molecule has 3 rings (SSSR count). The van der Waals surface area contributed by atoms with Crippen LogP contribution in [0.4, 0.5) is 4.79 Å². The first-order chi connectivity index (χ1) is 10.8. The molecule has 124 valence electrons. The number of hydrogen-bond donors (Lipinski definition) is 2. The van der Waals surface area contributed by atoms with E-state index < -0.39 is 17.5 Å². The molecule has 2 aliphatic rings. The standard InChI is InChI=1S/C16H21N3O4/c1-9-4-7-12(23-9)10(2)17-13(20)8-19-14(21)16(3,11-5-6-11)18-15(19)22/h4,7,10-11H,5-6,8H2,1-3H3,(H,17,20)(H,18,22)/t10-,16-/m1/s1. The zero-order valence-electron chi connectivity index (χ0n) is 13.5. The third-order valence-corrected chi connectivity index (χ3v) is 4.56. The van der Waals surface area contributed by atoms with Gasteiger partial charge in [-0.2, -0.15) is 0 Å². The molecule has 1 saturated heterocycles. The van der Waals surface area contributed by atoms with Crippen molar-refractivity contribution in [1.82, 2.24) is 15.5 Å². The number of urea groups is 1. The van der Waals surface area contributed by atoms with Crippen LogP contribution in [0.3, 0.4) is 0 Å². The van der Waals surface area contributed by atoms with E-state index in [0.717, 1.165) is 23.5 Å². The Morgan fingerprint density at radius 1 is 1.48 bits per heavy atom. The van der Waals surface area contributed by atoms with Gasteiger partial charge in [-0.25, -0.2) is 4.79 Å². The fourth-order valence-electron chi connectivity index (χ4n) is 2.98. The minimum atomic E-state index is -0.860. The molecule has 0 radical (unpaired) electrons. The SMILES string of the molecule is Cc1ccc([C@@H](C)NC(=O)CN2C(=O)N[C@](C)(C3CC3)C2=O)o1. The molecule has 1 aliphatic heterocycles. The van der Waals surface area contributed by atoms with Crippen LogP contribution in [-0.2, 0) is 9.59 Å². The Morgan fingerprint density at radius 2 is 2.17 bits per heavy atom. The summed E-state index contributed by atoms with van der Waals surface area (Å²) in [6.07, 6.45) is 1.86. The van der Waals surface area contributed by atoms with Crippen molar-refractivity contribution in [2.45, 2.75) is 45.2 Å². The Hall–Kier alpha value is -2.31. The highest BCUT2D eigenvalue weighted by Gasteiger charge is 2.56. The molecule has 7 nitrogen and oxygen atoms in total. The summed E-state index contributed by atoms with van der Waals surface area (Å²) in [6.45, 7) is 5.06. The van der Waals surface area contributed by atoms with E-state index in [1.165, 1.54) is 0 Å². The normalized spacial score (nSPS) is 25.4. The van der Waals surface area contributed by atoms with Crippen molar-refractivity contribution >= 4 is 17.8 Å². The van der Waals surface area contributed by atoms with Crippen LogP contribution in [0.15, 0.2) is 16.5 Å². The number of amides is 4. The van der Waals surface area contributed by atoms with Gasteiger partial charge in [0.05, 0.1) is 6.04 Å². The zero-order valence-corrected chi connectivity index (χ0v) is 13.5. The number of imide groups is 1. The van der Waals surface area contributed by atoms with Crippen molar-refractivity contribution in [3.63, 3.8) is 0 Å². The second-order valence-electron chi connectivity index (χ2n) is 6.54. The average Bonchev–Trinajstić information content (AvgIpc) is 3.21. The van der Waals surface area contributed by atoms with Crippen molar-refractivity contribution in [3.8, 4) is 0 Å². The minimum absolute atomic E-state index is 0.178. The van der Waals surface area contributed by atoms with E-state index in [9.17, 15) is 14.4 Å². The fourth-order valence-corrected chi connectivity index (χ4v) is 2.98. The molecule has 7 heteroatoms. The number of nitrogens with one attached hydrogen (secondary N) is 2. The van der Waals surface area contributed by atoms with Gasteiger partial charge in [0.2, 0.25) is 5.91 Å². The molecule has 1 aromatic heterocycles. The van der Waals surface area contributed by atoms with Gasteiger partial charge in [-0.3, -0.25) is 14.5 Å². The van der Waals surface area contributed by atoms with Gasteiger partial charge in [-0.1, -0.05) is 0 Å². The number of nitrogens with zero attached hydrogens (tertiary/aromatic N) is 1. The quantitative estimate of drug-likeness (QED) is 0.804. The van der Waals surface area contributed by atoms with Gasteiger partial charge in [0.15, 0.2) is 0 Å². The molecule has 4 amide bonds. The van der Waals surface area contributed by atoms with Gasteiger partial charge in [0.1, 0.15) is 23.6 Å². The molecule has 1 aromatic rings. The highest BCUT2D eigenvalue weighted by Crippen LogP contribution is 2.42. The van der Waals surface area contributed by atoms with Crippen LogP contribution in [0, 0.1) is 12.8 Å². The molecule has 2 fully saturated rings. The van der Waals surface area contributed by atoms with E-state index in [2.05, 4.69) is 10.6 Å². The lowest BCUT2D eigenvalue weighted by Gasteiger charge is -2.21. The third kappa shape index (κ3) is 2.83. The predicted octanol–water partition coefficient (Wildman–Crippen LogP) is 1.49. The number of rotatable bonds is 5. The molecule has 1 saturated carbocycles. The molecule has 0 aromatic carbocycles. The van der Waals surface area contributed by atoms with Crippen molar-refractivity contribution < 1.29 is 18.8 Å². The summed E-state index contributed by atoms with van der Waals surface area (Å²) in [5, 5.41) is 5.47. The number of carbonyl (C=O) groups excluding carboxylic acids is 3.